The van der Waals surface area contributed by atoms with E-state index in [1.807, 2.05) is 48.5 Å². The second-order valence-electron chi connectivity index (χ2n) is 3.90. The third-order valence-electron chi connectivity index (χ3n) is 2.58. The van der Waals surface area contributed by atoms with Crippen LogP contribution in [0.5, 0.6) is 11.5 Å². The fourth-order valence-electron chi connectivity index (χ4n) is 1.68. The lowest BCUT2D eigenvalue weighted by Crippen LogP contribution is -1.91. The van der Waals surface area contributed by atoms with Crippen LogP contribution in [-0.2, 0) is 0 Å². The molecule has 0 heterocycles. The Labute approximate surface area is 129 Å². The quantitative estimate of drug-likeness (QED) is 0.613. The standard InChI is InChI=1S/C16H12Br2O/c1-11(17)13-7-3-5-9-15(13)19-16-10-6-4-8-14(16)12(2)18/h3-10H,1-2H2. The van der Waals surface area contributed by atoms with Crippen molar-refractivity contribution < 1.29 is 4.74 Å². The Morgan fingerprint density at radius 3 is 1.47 bits per heavy atom. The van der Waals surface area contributed by atoms with Gasteiger partial charge in [-0.05, 0) is 12.1 Å². The first-order valence-corrected chi connectivity index (χ1v) is 7.23. The van der Waals surface area contributed by atoms with E-state index >= 15 is 0 Å². The zero-order chi connectivity index (χ0) is 13.8. The number of hydrogen-bond acceptors (Lipinski definition) is 1. The summed E-state index contributed by atoms with van der Waals surface area (Å²) in [6, 6.07) is 15.5. The van der Waals surface area contributed by atoms with Gasteiger partial charge in [-0.2, -0.15) is 0 Å². The van der Waals surface area contributed by atoms with Crippen molar-refractivity contribution in [3.05, 3.63) is 72.8 Å². The molecular formula is C16H12Br2O. The molecule has 3 heteroatoms. The molecule has 0 aliphatic carbocycles. The minimum atomic E-state index is 0.755. The first-order valence-electron chi connectivity index (χ1n) is 5.65. The summed E-state index contributed by atoms with van der Waals surface area (Å²) in [6.45, 7) is 7.79. The van der Waals surface area contributed by atoms with Crippen LogP contribution in [0.2, 0.25) is 0 Å². The molecule has 0 N–H and O–H groups in total. The van der Waals surface area contributed by atoms with E-state index in [-0.39, 0.29) is 0 Å². The summed E-state index contributed by atoms with van der Waals surface area (Å²) in [5.74, 6) is 1.51. The predicted molar refractivity (Wildman–Crippen MR) is 88.9 cm³/mol. The van der Waals surface area contributed by atoms with E-state index < -0.39 is 0 Å². The van der Waals surface area contributed by atoms with E-state index in [0.29, 0.717) is 0 Å². The smallest absolute Gasteiger partial charge is 0.135 e. The van der Waals surface area contributed by atoms with Gasteiger partial charge < -0.3 is 4.74 Å². The number of benzene rings is 2. The van der Waals surface area contributed by atoms with Gasteiger partial charge >= 0.3 is 0 Å². The van der Waals surface area contributed by atoms with Gasteiger partial charge in [-0.1, -0.05) is 81.4 Å². The van der Waals surface area contributed by atoms with Crippen molar-refractivity contribution in [1.29, 1.82) is 0 Å². The number of rotatable bonds is 4. The highest BCUT2D eigenvalue weighted by Crippen LogP contribution is 2.36. The fraction of sp³-hybridized carbons (Fsp3) is 0. The van der Waals surface area contributed by atoms with Crippen molar-refractivity contribution in [2.24, 2.45) is 0 Å². The summed E-state index contributed by atoms with van der Waals surface area (Å²) >= 11 is 6.79. The number of halogens is 2. The average molecular weight is 380 g/mol. The van der Waals surface area contributed by atoms with Crippen LogP contribution in [0.1, 0.15) is 11.1 Å². The van der Waals surface area contributed by atoms with E-state index in [1.54, 1.807) is 0 Å². The van der Waals surface area contributed by atoms with Gasteiger partial charge in [0, 0.05) is 20.1 Å². The van der Waals surface area contributed by atoms with Crippen LogP contribution in [0.25, 0.3) is 8.96 Å². The topological polar surface area (TPSA) is 9.23 Å². The summed E-state index contributed by atoms with van der Waals surface area (Å²) in [6.07, 6.45) is 0. The van der Waals surface area contributed by atoms with E-state index in [9.17, 15) is 0 Å². The van der Waals surface area contributed by atoms with Crippen LogP contribution < -0.4 is 4.74 Å². The minimum Gasteiger partial charge on any atom is -0.456 e. The first-order chi connectivity index (χ1) is 9.09. The fourth-order valence-corrected chi connectivity index (χ4v) is 2.33. The van der Waals surface area contributed by atoms with Crippen LogP contribution in [0.15, 0.2) is 61.7 Å². The molecule has 0 aliphatic rings. The molecule has 1 nitrogen and oxygen atoms in total. The highest BCUT2D eigenvalue weighted by molar-refractivity contribution is 9.15. The summed E-state index contributed by atoms with van der Waals surface area (Å²) in [4.78, 5) is 0. The van der Waals surface area contributed by atoms with E-state index in [4.69, 9.17) is 4.74 Å². The van der Waals surface area contributed by atoms with Crippen molar-refractivity contribution >= 4 is 40.8 Å². The number of hydrogen-bond donors (Lipinski definition) is 0. The minimum absolute atomic E-state index is 0.755. The zero-order valence-electron chi connectivity index (χ0n) is 10.2. The molecule has 0 radical (unpaired) electrons. The second kappa shape index (κ2) is 6.22. The summed E-state index contributed by atoms with van der Waals surface area (Å²) in [5, 5.41) is 0. The Hall–Kier alpha value is -1.32. The Kier molecular flexibility index (Phi) is 4.61. The summed E-state index contributed by atoms with van der Waals surface area (Å²) in [5.41, 5.74) is 1.86. The van der Waals surface area contributed by atoms with Gasteiger partial charge in [0.2, 0.25) is 0 Å². The molecule has 0 amide bonds. The monoisotopic (exact) mass is 378 g/mol. The molecule has 0 bridgehead atoms. The lowest BCUT2D eigenvalue weighted by molar-refractivity contribution is 0.480. The van der Waals surface area contributed by atoms with E-state index in [0.717, 1.165) is 31.6 Å². The summed E-state index contributed by atoms with van der Waals surface area (Å²) in [7, 11) is 0. The van der Waals surface area contributed by atoms with Crippen molar-refractivity contribution in [3.63, 3.8) is 0 Å². The molecule has 0 aliphatic heterocycles. The van der Waals surface area contributed by atoms with Crippen molar-refractivity contribution in [2.45, 2.75) is 0 Å². The Bertz CT molecular complexity index is 577. The van der Waals surface area contributed by atoms with Gasteiger partial charge in [-0.3, -0.25) is 0 Å². The van der Waals surface area contributed by atoms with Crippen LogP contribution >= 0.6 is 31.9 Å². The SMILES string of the molecule is C=C(Br)c1ccccc1Oc1ccccc1C(=C)Br. The van der Waals surface area contributed by atoms with Gasteiger partial charge in [0.25, 0.3) is 0 Å². The van der Waals surface area contributed by atoms with Crippen LogP contribution in [-0.4, -0.2) is 0 Å². The molecule has 0 fully saturated rings. The van der Waals surface area contributed by atoms with E-state index in [1.165, 1.54) is 0 Å². The Balaban J connectivity index is 2.42. The first kappa shape index (κ1) is 14.1. The van der Waals surface area contributed by atoms with Crippen molar-refractivity contribution in [2.75, 3.05) is 0 Å². The van der Waals surface area contributed by atoms with Gasteiger partial charge in [0.1, 0.15) is 11.5 Å². The molecule has 2 aromatic rings. The molecule has 2 rings (SSSR count). The maximum Gasteiger partial charge on any atom is 0.135 e. The second-order valence-corrected chi connectivity index (χ2v) is 5.82. The highest BCUT2D eigenvalue weighted by atomic mass is 79.9. The van der Waals surface area contributed by atoms with Gasteiger partial charge in [-0.15, -0.1) is 0 Å². The summed E-state index contributed by atoms with van der Waals surface area (Å²) < 4.78 is 7.56. The number of para-hydroxylation sites is 2. The maximum absolute atomic E-state index is 5.98. The van der Waals surface area contributed by atoms with Crippen LogP contribution in [0.4, 0.5) is 0 Å². The lowest BCUT2D eigenvalue weighted by Gasteiger charge is -2.13. The largest absolute Gasteiger partial charge is 0.456 e. The molecule has 0 saturated heterocycles. The highest BCUT2D eigenvalue weighted by Gasteiger charge is 2.09. The average Bonchev–Trinajstić information content (AvgIpc) is 2.39. The Morgan fingerprint density at radius 2 is 1.11 bits per heavy atom. The van der Waals surface area contributed by atoms with E-state index in [2.05, 4.69) is 45.0 Å². The van der Waals surface area contributed by atoms with Crippen molar-refractivity contribution in [3.8, 4) is 11.5 Å². The number of ether oxygens (including phenoxy) is 1. The molecule has 2 aromatic carbocycles. The van der Waals surface area contributed by atoms with Crippen molar-refractivity contribution in [1.82, 2.24) is 0 Å². The maximum atomic E-state index is 5.98. The van der Waals surface area contributed by atoms with Gasteiger partial charge in [-0.25, -0.2) is 0 Å². The lowest BCUT2D eigenvalue weighted by atomic mass is 10.2. The van der Waals surface area contributed by atoms with Gasteiger partial charge in [0.15, 0.2) is 0 Å². The normalized spacial score (nSPS) is 10.0. The molecule has 0 spiro atoms. The third-order valence-corrected chi connectivity index (χ3v) is 3.43. The zero-order valence-corrected chi connectivity index (χ0v) is 13.4. The molecule has 19 heavy (non-hydrogen) atoms. The van der Waals surface area contributed by atoms with Gasteiger partial charge in [0.05, 0.1) is 0 Å². The molecule has 0 aromatic heterocycles. The molecule has 0 unspecified atom stereocenters. The molecule has 96 valence electrons. The molecule has 0 saturated carbocycles. The predicted octanol–water partition coefficient (Wildman–Crippen LogP) is 6.21. The van der Waals surface area contributed by atoms with Crippen LogP contribution in [0.3, 0.4) is 0 Å². The third kappa shape index (κ3) is 3.37. The van der Waals surface area contributed by atoms with Crippen LogP contribution in [0, 0.1) is 0 Å². The molecular weight excluding hydrogens is 368 g/mol. The molecule has 0 atom stereocenters. The Morgan fingerprint density at radius 1 is 0.737 bits per heavy atom.